The predicted molar refractivity (Wildman–Crippen MR) is 99.1 cm³/mol. The first-order chi connectivity index (χ1) is 10.8. The van der Waals surface area contributed by atoms with Gasteiger partial charge in [0.1, 0.15) is 0 Å². The second-order valence-electron chi connectivity index (χ2n) is 8.54. The molecule has 2 aliphatic carbocycles. The molecule has 2 fully saturated rings. The highest BCUT2D eigenvalue weighted by atomic mass is 14.7. The van der Waals surface area contributed by atoms with Crippen LogP contribution in [0, 0.1) is 29.6 Å². The zero-order chi connectivity index (χ0) is 15.8. The summed E-state index contributed by atoms with van der Waals surface area (Å²) in [5.74, 6) is 5.75. The SMILES string of the molecule is CCCCCCCCCCCCC(C)CCC1C2C(CC)C12. The number of hydrogen-bond donors (Lipinski definition) is 0. The van der Waals surface area contributed by atoms with Crippen molar-refractivity contribution in [1.82, 2.24) is 0 Å². The summed E-state index contributed by atoms with van der Waals surface area (Å²) in [6.07, 6.45) is 20.7. The molecule has 3 unspecified atom stereocenters. The average molecular weight is 307 g/mol. The molecule has 0 bridgehead atoms. The highest BCUT2D eigenvalue weighted by Crippen LogP contribution is 2.75. The van der Waals surface area contributed by atoms with Crippen LogP contribution in [-0.2, 0) is 0 Å². The smallest absolute Gasteiger partial charge is 0.0318 e. The molecule has 0 N–H and O–H groups in total. The first-order valence-corrected chi connectivity index (χ1v) is 10.8. The molecular formula is C22H42. The summed E-state index contributed by atoms with van der Waals surface area (Å²) in [5.41, 5.74) is 0. The Kier molecular flexibility index (Phi) is 8.33. The van der Waals surface area contributed by atoms with E-state index in [1.165, 1.54) is 107 Å². The molecular weight excluding hydrogens is 264 g/mol. The van der Waals surface area contributed by atoms with Crippen LogP contribution in [0.5, 0.6) is 0 Å². The van der Waals surface area contributed by atoms with E-state index in [-0.39, 0.29) is 0 Å². The maximum Gasteiger partial charge on any atom is -0.0318 e. The van der Waals surface area contributed by atoms with E-state index in [0.29, 0.717) is 0 Å². The Labute approximate surface area is 140 Å². The molecule has 2 aliphatic rings. The molecule has 0 radical (unpaired) electrons. The average Bonchev–Trinajstić information content (AvgIpc) is 3.40. The molecule has 0 aromatic carbocycles. The monoisotopic (exact) mass is 306 g/mol. The first-order valence-electron chi connectivity index (χ1n) is 10.8. The molecule has 0 nitrogen and oxygen atoms in total. The topological polar surface area (TPSA) is 0 Å². The van der Waals surface area contributed by atoms with Crippen LogP contribution in [0.3, 0.4) is 0 Å². The van der Waals surface area contributed by atoms with E-state index >= 15 is 0 Å². The van der Waals surface area contributed by atoms with E-state index in [2.05, 4.69) is 20.8 Å². The van der Waals surface area contributed by atoms with Crippen LogP contribution in [-0.4, -0.2) is 0 Å². The van der Waals surface area contributed by atoms with Crippen molar-refractivity contribution in [2.45, 2.75) is 111 Å². The van der Waals surface area contributed by atoms with E-state index < -0.39 is 0 Å². The lowest BCUT2D eigenvalue weighted by molar-refractivity contribution is 0.374. The van der Waals surface area contributed by atoms with E-state index in [0.717, 1.165) is 5.92 Å². The number of hydrogen-bond acceptors (Lipinski definition) is 0. The first kappa shape index (κ1) is 18.3. The lowest BCUT2D eigenvalue weighted by Gasteiger charge is -2.14. The highest BCUT2D eigenvalue weighted by molar-refractivity contribution is 5.18. The van der Waals surface area contributed by atoms with Gasteiger partial charge < -0.3 is 0 Å². The van der Waals surface area contributed by atoms with Crippen LogP contribution in [0.4, 0.5) is 0 Å². The van der Waals surface area contributed by atoms with Crippen LogP contribution >= 0.6 is 0 Å². The third-order valence-electron chi connectivity index (χ3n) is 6.65. The van der Waals surface area contributed by atoms with Crippen molar-refractivity contribution < 1.29 is 0 Å². The van der Waals surface area contributed by atoms with Gasteiger partial charge in [0.15, 0.2) is 0 Å². The standard InChI is InChI=1S/C22H42/c1-4-6-7-8-9-10-11-12-13-14-15-18(3)16-17-20-21-19(5-2)22(20)21/h18-22H,4-17H2,1-3H3. The van der Waals surface area contributed by atoms with Gasteiger partial charge in [0.25, 0.3) is 0 Å². The Morgan fingerprint density at radius 3 is 1.73 bits per heavy atom. The Morgan fingerprint density at radius 1 is 0.636 bits per heavy atom. The van der Waals surface area contributed by atoms with Gasteiger partial charge in [0.2, 0.25) is 0 Å². The Balaban J connectivity index is 1.28. The van der Waals surface area contributed by atoms with Crippen LogP contribution in [0.15, 0.2) is 0 Å². The van der Waals surface area contributed by atoms with Crippen molar-refractivity contribution in [1.29, 1.82) is 0 Å². The molecule has 2 saturated carbocycles. The molecule has 0 aromatic heterocycles. The maximum atomic E-state index is 2.50. The van der Waals surface area contributed by atoms with Crippen molar-refractivity contribution in [3.63, 3.8) is 0 Å². The molecule has 2 rings (SSSR count). The molecule has 0 spiro atoms. The highest BCUT2D eigenvalue weighted by Gasteiger charge is 2.70. The second kappa shape index (κ2) is 9.99. The zero-order valence-corrected chi connectivity index (χ0v) is 15.8. The van der Waals surface area contributed by atoms with Crippen LogP contribution < -0.4 is 0 Å². The fourth-order valence-electron chi connectivity index (χ4n) is 4.88. The lowest BCUT2D eigenvalue weighted by Crippen LogP contribution is -2.03. The summed E-state index contributed by atoms with van der Waals surface area (Å²) in [4.78, 5) is 0. The lowest BCUT2D eigenvalue weighted by atomic mass is 9.92. The van der Waals surface area contributed by atoms with E-state index in [1.54, 1.807) is 6.42 Å². The van der Waals surface area contributed by atoms with Gasteiger partial charge in [-0.1, -0.05) is 104 Å². The van der Waals surface area contributed by atoms with Crippen LogP contribution in [0.25, 0.3) is 0 Å². The molecule has 0 saturated heterocycles. The minimum atomic E-state index is 0.995. The molecule has 22 heavy (non-hydrogen) atoms. The third kappa shape index (κ3) is 5.89. The maximum absolute atomic E-state index is 2.50. The van der Waals surface area contributed by atoms with Crippen LogP contribution in [0.1, 0.15) is 111 Å². The molecule has 0 amide bonds. The van der Waals surface area contributed by atoms with Crippen molar-refractivity contribution in [3.8, 4) is 0 Å². The largest absolute Gasteiger partial charge is 0.0654 e. The third-order valence-corrected chi connectivity index (χ3v) is 6.65. The zero-order valence-electron chi connectivity index (χ0n) is 15.8. The predicted octanol–water partition coefficient (Wildman–Crippen LogP) is 7.62. The van der Waals surface area contributed by atoms with Crippen LogP contribution in [0.2, 0.25) is 0 Å². The van der Waals surface area contributed by atoms with Gasteiger partial charge >= 0.3 is 0 Å². The summed E-state index contributed by atoms with van der Waals surface area (Å²) in [5, 5.41) is 0. The van der Waals surface area contributed by atoms with Gasteiger partial charge in [0.05, 0.1) is 0 Å². The summed E-state index contributed by atoms with van der Waals surface area (Å²) >= 11 is 0. The molecule has 0 heteroatoms. The van der Waals surface area contributed by atoms with Gasteiger partial charge in [-0.05, 0) is 36.0 Å². The Bertz CT molecular complexity index is 272. The fraction of sp³-hybridized carbons (Fsp3) is 1.00. The van der Waals surface area contributed by atoms with Crippen molar-refractivity contribution in [2.24, 2.45) is 29.6 Å². The normalized spacial score (nSPS) is 30.1. The minimum absolute atomic E-state index is 0.995. The van der Waals surface area contributed by atoms with E-state index in [4.69, 9.17) is 0 Å². The minimum Gasteiger partial charge on any atom is -0.0654 e. The summed E-state index contributed by atoms with van der Waals surface area (Å²) < 4.78 is 0. The number of fused-ring (bicyclic) bond motifs is 1. The number of rotatable bonds is 15. The molecule has 0 heterocycles. The van der Waals surface area contributed by atoms with Gasteiger partial charge in [-0.25, -0.2) is 0 Å². The van der Waals surface area contributed by atoms with Gasteiger partial charge in [0, 0.05) is 0 Å². The van der Waals surface area contributed by atoms with Gasteiger partial charge in [-0.2, -0.15) is 0 Å². The summed E-state index contributed by atoms with van der Waals surface area (Å²) in [6, 6.07) is 0. The molecule has 0 aliphatic heterocycles. The Hall–Kier alpha value is 0. The number of unbranched alkanes of at least 4 members (excludes halogenated alkanes) is 9. The summed E-state index contributed by atoms with van der Waals surface area (Å²) in [6.45, 7) is 7.18. The van der Waals surface area contributed by atoms with Gasteiger partial charge in [-0.15, -0.1) is 0 Å². The second-order valence-corrected chi connectivity index (χ2v) is 8.54. The molecule has 0 aromatic rings. The van der Waals surface area contributed by atoms with Gasteiger partial charge in [-0.3, -0.25) is 0 Å². The van der Waals surface area contributed by atoms with Crippen molar-refractivity contribution in [3.05, 3.63) is 0 Å². The van der Waals surface area contributed by atoms with Crippen molar-refractivity contribution >= 4 is 0 Å². The molecule has 130 valence electrons. The Morgan fingerprint density at radius 2 is 1.18 bits per heavy atom. The molecule has 3 atom stereocenters. The quantitative estimate of drug-likeness (QED) is 0.273. The fourth-order valence-corrected chi connectivity index (χ4v) is 4.88. The van der Waals surface area contributed by atoms with Crippen molar-refractivity contribution in [2.75, 3.05) is 0 Å². The van der Waals surface area contributed by atoms with E-state index in [1.807, 2.05) is 0 Å². The van der Waals surface area contributed by atoms with E-state index in [9.17, 15) is 0 Å². The summed E-state index contributed by atoms with van der Waals surface area (Å²) in [7, 11) is 0.